The summed E-state index contributed by atoms with van der Waals surface area (Å²) in [5.41, 5.74) is 8.21. The molecule has 0 aromatic heterocycles. The van der Waals surface area contributed by atoms with Crippen molar-refractivity contribution in [1.82, 2.24) is 5.32 Å². The second-order valence-electron chi connectivity index (χ2n) is 8.40. The zero-order chi connectivity index (χ0) is 15.7. The van der Waals surface area contributed by atoms with E-state index < -0.39 is 0 Å². The van der Waals surface area contributed by atoms with E-state index in [2.05, 4.69) is 35.6 Å². The Bertz CT molecular complexity index is 506. The van der Waals surface area contributed by atoms with Gasteiger partial charge in [0.25, 0.3) is 0 Å². The molecule has 3 aliphatic carbocycles. The summed E-state index contributed by atoms with van der Waals surface area (Å²) in [6, 6.07) is 13.1. The average Bonchev–Trinajstić information content (AvgIpc) is 3.26. The van der Waals surface area contributed by atoms with Crippen LogP contribution in [0.2, 0.25) is 0 Å². The molecule has 3 aliphatic rings. The highest BCUT2D eigenvalue weighted by molar-refractivity contribution is 5.20. The van der Waals surface area contributed by atoms with E-state index in [0.717, 1.165) is 18.0 Å². The fourth-order valence-corrected chi connectivity index (χ4v) is 5.38. The zero-order valence-electron chi connectivity index (χ0n) is 14.3. The van der Waals surface area contributed by atoms with Crippen molar-refractivity contribution in [3.05, 3.63) is 35.9 Å². The van der Waals surface area contributed by atoms with Gasteiger partial charge in [-0.2, -0.15) is 0 Å². The molecule has 3 saturated carbocycles. The van der Waals surface area contributed by atoms with Crippen LogP contribution in [0, 0.1) is 11.3 Å². The van der Waals surface area contributed by atoms with Crippen LogP contribution in [0.5, 0.6) is 0 Å². The molecular formula is C21H32N2. The fraction of sp³-hybridized carbons (Fsp3) is 0.714. The van der Waals surface area contributed by atoms with Crippen molar-refractivity contribution in [2.45, 2.75) is 82.3 Å². The third-order valence-electron chi connectivity index (χ3n) is 6.91. The zero-order valence-corrected chi connectivity index (χ0v) is 14.3. The lowest BCUT2D eigenvalue weighted by molar-refractivity contribution is 0.189. The number of hydrogen-bond donors (Lipinski definition) is 2. The van der Waals surface area contributed by atoms with Crippen LogP contribution in [-0.4, -0.2) is 18.1 Å². The standard InChI is InChI=1S/C21H32N2/c22-18-9-11-19(12-10-18)23-20-15-21(20)13-5-4-8-17(21)14-16-6-2-1-3-7-16/h1-3,6-7,17-20,23H,4-5,8-15,22H2/t17?,18?,19?,20-,21-/m1/s1. The molecular weight excluding hydrogens is 280 g/mol. The van der Waals surface area contributed by atoms with Gasteiger partial charge in [-0.3, -0.25) is 0 Å². The van der Waals surface area contributed by atoms with E-state index in [1.807, 2.05) is 0 Å². The summed E-state index contributed by atoms with van der Waals surface area (Å²) in [6.07, 6.45) is 13.5. The molecule has 0 aliphatic heterocycles. The number of nitrogens with two attached hydrogens (primary N) is 1. The predicted octanol–water partition coefficient (Wildman–Crippen LogP) is 4.04. The van der Waals surface area contributed by atoms with Gasteiger partial charge in [0.15, 0.2) is 0 Å². The van der Waals surface area contributed by atoms with Gasteiger partial charge < -0.3 is 11.1 Å². The molecule has 3 N–H and O–H groups in total. The summed E-state index contributed by atoms with van der Waals surface area (Å²) in [7, 11) is 0. The molecule has 0 saturated heterocycles. The first-order valence-corrected chi connectivity index (χ1v) is 9.82. The van der Waals surface area contributed by atoms with Crippen LogP contribution in [0.25, 0.3) is 0 Å². The van der Waals surface area contributed by atoms with Crippen LogP contribution in [0.1, 0.15) is 63.4 Å². The molecule has 2 nitrogen and oxygen atoms in total. The molecule has 4 rings (SSSR count). The highest BCUT2D eigenvalue weighted by Gasteiger charge is 2.59. The number of nitrogens with one attached hydrogen (secondary N) is 1. The van der Waals surface area contributed by atoms with Crippen molar-refractivity contribution in [2.75, 3.05) is 0 Å². The van der Waals surface area contributed by atoms with Gasteiger partial charge in [0.1, 0.15) is 0 Å². The number of hydrogen-bond acceptors (Lipinski definition) is 2. The molecule has 0 radical (unpaired) electrons. The molecule has 126 valence electrons. The first-order valence-electron chi connectivity index (χ1n) is 9.82. The van der Waals surface area contributed by atoms with Crippen LogP contribution < -0.4 is 11.1 Å². The Morgan fingerprint density at radius 2 is 1.78 bits per heavy atom. The Kier molecular flexibility index (Phi) is 4.47. The Hall–Kier alpha value is -0.860. The summed E-state index contributed by atoms with van der Waals surface area (Å²) < 4.78 is 0. The molecule has 23 heavy (non-hydrogen) atoms. The van der Waals surface area contributed by atoms with E-state index in [-0.39, 0.29) is 0 Å². The second-order valence-corrected chi connectivity index (χ2v) is 8.40. The second kappa shape index (κ2) is 6.57. The largest absolute Gasteiger partial charge is 0.328 e. The topological polar surface area (TPSA) is 38.0 Å². The maximum absolute atomic E-state index is 6.06. The Morgan fingerprint density at radius 1 is 1.00 bits per heavy atom. The van der Waals surface area contributed by atoms with Gasteiger partial charge >= 0.3 is 0 Å². The lowest BCUT2D eigenvalue weighted by Gasteiger charge is -2.35. The van der Waals surface area contributed by atoms with Gasteiger partial charge in [-0.15, -0.1) is 0 Å². The molecule has 1 aromatic rings. The minimum atomic E-state index is 0.460. The van der Waals surface area contributed by atoms with E-state index in [1.54, 1.807) is 0 Å². The first kappa shape index (κ1) is 15.7. The van der Waals surface area contributed by atoms with Crippen LogP contribution in [0.3, 0.4) is 0 Å². The maximum atomic E-state index is 6.06. The molecule has 0 amide bonds. The third kappa shape index (κ3) is 3.34. The molecule has 1 aromatic carbocycles. The SMILES string of the molecule is NC1CCC(N[C@@H]2C[C@@]23CCCCC3Cc2ccccc2)CC1. The van der Waals surface area contributed by atoms with Crippen LogP contribution in [-0.2, 0) is 6.42 Å². The summed E-state index contributed by atoms with van der Waals surface area (Å²) in [6.45, 7) is 0. The fourth-order valence-electron chi connectivity index (χ4n) is 5.38. The van der Waals surface area contributed by atoms with Crippen molar-refractivity contribution in [3.8, 4) is 0 Å². The Balaban J connectivity index is 1.38. The van der Waals surface area contributed by atoms with Gasteiger partial charge in [0, 0.05) is 18.1 Å². The van der Waals surface area contributed by atoms with Gasteiger partial charge in [-0.05, 0) is 68.3 Å². The van der Waals surface area contributed by atoms with Crippen LogP contribution in [0.4, 0.5) is 0 Å². The minimum absolute atomic E-state index is 0.460. The molecule has 2 heteroatoms. The van der Waals surface area contributed by atoms with Gasteiger partial charge in [0.2, 0.25) is 0 Å². The minimum Gasteiger partial charge on any atom is -0.328 e. The van der Waals surface area contributed by atoms with Crippen molar-refractivity contribution in [1.29, 1.82) is 0 Å². The lowest BCUT2D eigenvalue weighted by atomic mass is 9.73. The van der Waals surface area contributed by atoms with Gasteiger partial charge in [-0.25, -0.2) is 0 Å². The van der Waals surface area contributed by atoms with Crippen LogP contribution in [0.15, 0.2) is 30.3 Å². The lowest BCUT2D eigenvalue weighted by Crippen LogP contribution is -2.41. The molecule has 0 bridgehead atoms. The maximum Gasteiger partial charge on any atom is 0.0135 e. The summed E-state index contributed by atoms with van der Waals surface area (Å²) in [4.78, 5) is 0. The Morgan fingerprint density at radius 3 is 2.57 bits per heavy atom. The van der Waals surface area contributed by atoms with Crippen molar-refractivity contribution in [3.63, 3.8) is 0 Å². The van der Waals surface area contributed by atoms with Gasteiger partial charge in [-0.1, -0.05) is 43.2 Å². The average molecular weight is 313 g/mol. The Labute approximate surface area is 141 Å². The summed E-state index contributed by atoms with van der Waals surface area (Å²) >= 11 is 0. The predicted molar refractivity (Wildman–Crippen MR) is 96.3 cm³/mol. The van der Waals surface area contributed by atoms with Crippen LogP contribution >= 0.6 is 0 Å². The monoisotopic (exact) mass is 312 g/mol. The van der Waals surface area contributed by atoms with Crippen molar-refractivity contribution in [2.24, 2.45) is 17.1 Å². The normalized spacial score (nSPS) is 40.2. The first-order chi connectivity index (χ1) is 11.3. The van der Waals surface area contributed by atoms with Gasteiger partial charge in [0.05, 0.1) is 0 Å². The van der Waals surface area contributed by atoms with E-state index in [0.29, 0.717) is 11.5 Å². The van der Waals surface area contributed by atoms with E-state index in [9.17, 15) is 0 Å². The quantitative estimate of drug-likeness (QED) is 0.880. The smallest absolute Gasteiger partial charge is 0.0135 e. The highest BCUT2D eigenvalue weighted by atomic mass is 15.0. The molecule has 0 heterocycles. The molecule has 3 fully saturated rings. The molecule has 1 unspecified atom stereocenters. The molecule has 3 atom stereocenters. The summed E-state index contributed by atoms with van der Waals surface area (Å²) in [5, 5.41) is 4.03. The molecule has 1 spiro atoms. The third-order valence-corrected chi connectivity index (χ3v) is 6.91. The van der Waals surface area contributed by atoms with Crippen molar-refractivity contribution >= 4 is 0 Å². The van der Waals surface area contributed by atoms with E-state index >= 15 is 0 Å². The van der Waals surface area contributed by atoms with E-state index in [1.165, 1.54) is 69.8 Å². The number of rotatable bonds is 4. The number of benzene rings is 1. The summed E-state index contributed by atoms with van der Waals surface area (Å²) in [5.74, 6) is 0.891. The van der Waals surface area contributed by atoms with E-state index in [4.69, 9.17) is 5.73 Å². The van der Waals surface area contributed by atoms with Crippen molar-refractivity contribution < 1.29 is 0 Å². The highest BCUT2D eigenvalue weighted by Crippen LogP contribution is 2.60.